The molecular weight excluding hydrogens is 336 g/mol. The highest BCUT2D eigenvalue weighted by Crippen LogP contribution is 2.12. The second-order valence-corrected chi connectivity index (χ2v) is 5.82. The van der Waals surface area contributed by atoms with Crippen LogP contribution < -0.4 is 4.90 Å². The van der Waals surface area contributed by atoms with Gasteiger partial charge in [-0.3, -0.25) is 14.4 Å². The van der Waals surface area contributed by atoms with E-state index >= 15 is 0 Å². The molecule has 26 heavy (non-hydrogen) atoms. The van der Waals surface area contributed by atoms with Crippen LogP contribution in [-0.2, 0) is 23.9 Å². The topological polar surface area (TPSA) is 76.1 Å². The zero-order valence-corrected chi connectivity index (χ0v) is 15.8. The lowest BCUT2D eigenvalue weighted by atomic mass is 10.2. The van der Waals surface area contributed by atoms with Crippen LogP contribution in [0.4, 0.5) is 5.69 Å². The van der Waals surface area contributed by atoms with Gasteiger partial charge in [-0.15, -0.1) is 0 Å². The van der Waals surface area contributed by atoms with E-state index in [9.17, 15) is 14.4 Å². The third-order valence-corrected chi connectivity index (χ3v) is 3.80. The summed E-state index contributed by atoms with van der Waals surface area (Å²) in [7, 11) is 3.30. The maximum Gasteiger partial charge on any atom is 0.305 e. The minimum Gasteiger partial charge on any atom is -0.466 e. The lowest BCUT2D eigenvalue weighted by molar-refractivity contribution is -0.143. The Bertz CT molecular complexity index is 577. The van der Waals surface area contributed by atoms with Crippen molar-refractivity contribution in [1.29, 1.82) is 0 Å². The van der Waals surface area contributed by atoms with Crippen molar-refractivity contribution in [1.82, 2.24) is 4.90 Å². The van der Waals surface area contributed by atoms with Crippen LogP contribution in [0.5, 0.6) is 0 Å². The summed E-state index contributed by atoms with van der Waals surface area (Å²) in [5.41, 5.74) is 0.750. The van der Waals surface area contributed by atoms with Crippen molar-refractivity contribution in [3.8, 4) is 0 Å². The average molecular weight is 364 g/mol. The van der Waals surface area contributed by atoms with Crippen LogP contribution in [0.1, 0.15) is 26.2 Å². The molecule has 0 N–H and O–H groups in total. The Morgan fingerprint density at radius 2 is 1.65 bits per heavy atom. The van der Waals surface area contributed by atoms with Crippen molar-refractivity contribution in [2.45, 2.75) is 26.2 Å². The van der Waals surface area contributed by atoms with E-state index < -0.39 is 0 Å². The van der Waals surface area contributed by atoms with E-state index in [1.165, 1.54) is 9.80 Å². The maximum absolute atomic E-state index is 12.2. The van der Waals surface area contributed by atoms with E-state index in [-0.39, 0.29) is 24.2 Å². The number of esters is 1. The van der Waals surface area contributed by atoms with Gasteiger partial charge in [0.1, 0.15) is 6.42 Å². The van der Waals surface area contributed by atoms with Gasteiger partial charge in [0.15, 0.2) is 0 Å². The lowest BCUT2D eigenvalue weighted by Gasteiger charge is -2.20. The van der Waals surface area contributed by atoms with Crippen molar-refractivity contribution in [3.05, 3.63) is 30.3 Å². The van der Waals surface area contributed by atoms with E-state index in [1.54, 1.807) is 21.0 Å². The summed E-state index contributed by atoms with van der Waals surface area (Å²) in [5.74, 6) is -0.731. The number of benzene rings is 1. The van der Waals surface area contributed by atoms with Crippen LogP contribution in [0.2, 0.25) is 0 Å². The summed E-state index contributed by atoms with van der Waals surface area (Å²) in [4.78, 5) is 38.2. The van der Waals surface area contributed by atoms with Gasteiger partial charge in [-0.2, -0.15) is 0 Å². The molecule has 0 radical (unpaired) electrons. The van der Waals surface area contributed by atoms with Gasteiger partial charge in [-0.05, 0) is 12.1 Å². The molecule has 0 saturated carbocycles. The minimum atomic E-state index is -0.258. The summed E-state index contributed by atoms with van der Waals surface area (Å²) in [6.07, 6.45) is 0.796. The second-order valence-electron chi connectivity index (χ2n) is 5.82. The highest BCUT2D eigenvalue weighted by Gasteiger charge is 2.18. The third kappa shape index (κ3) is 8.11. The molecule has 144 valence electrons. The first-order valence-electron chi connectivity index (χ1n) is 8.74. The van der Waals surface area contributed by atoms with Gasteiger partial charge >= 0.3 is 5.97 Å². The van der Waals surface area contributed by atoms with Gasteiger partial charge in [0.05, 0.1) is 13.2 Å². The number of anilines is 1. The molecule has 7 nitrogen and oxygen atoms in total. The molecule has 7 heteroatoms. The largest absolute Gasteiger partial charge is 0.466 e. The Hall–Kier alpha value is -2.41. The fourth-order valence-electron chi connectivity index (χ4n) is 2.06. The van der Waals surface area contributed by atoms with E-state index in [0.29, 0.717) is 39.2 Å². The molecule has 0 unspecified atom stereocenters. The summed E-state index contributed by atoms with van der Waals surface area (Å²) in [6.45, 7) is 3.30. The molecule has 0 heterocycles. The smallest absolute Gasteiger partial charge is 0.305 e. The van der Waals surface area contributed by atoms with Crippen LogP contribution >= 0.6 is 0 Å². The molecule has 0 aliphatic rings. The van der Waals surface area contributed by atoms with Crippen molar-refractivity contribution in [2.24, 2.45) is 0 Å². The van der Waals surface area contributed by atoms with Crippen LogP contribution in [0.15, 0.2) is 30.3 Å². The Morgan fingerprint density at radius 1 is 0.962 bits per heavy atom. The number of carbonyl (C=O) groups is 3. The normalized spacial score (nSPS) is 10.3. The fraction of sp³-hybridized carbons (Fsp3) is 0.526. The standard InChI is InChI=1S/C19H28N2O5/c1-4-19(24)26-13-8-12-25-14-11-20(2)17(22)15-18(23)21(3)16-9-6-5-7-10-16/h5-7,9-10H,4,8,11-15H2,1-3H3. The van der Waals surface area contributed by atoms with Gasteiger partial charge in [0.25, 0.3) is 0 Å². The summed E-state index contributed by atoms with van der Waals surface area (Å²) < 4.78 is 10.3. The molecule has 1 rings (SSSR count). The van der Waals surface area contributed by atoms with Crippen LogP contribution in [0.25, 0.3) is 0 Å². The van der Waals surface area contributed by atoms with Crippen LogP contribution in [-0.4, -0.2) is 63.1 Å². The molecule has 0 atom stereocenters. The number of rotatable bonds is 11. The molecule has 0 aliphatic carbocycles. The molecule has 0 aromatic heterocycles. The quantitative estimate of drug-likeness (QED) is 0.340. The second kappa shape index (κ2) is 12.0. The minimum absolute atomic E-state index is 0.186. The molecule has 2 amide bonds. The maximum atomic E-state index is 12.2. The van der Waals surface area contributed by atoms with Gasteiger partial charge in [-0.1, -0.05) is 25.1 Å². The fourth-order valence-corrected chi connectivity index (χ4v) is 2.06. The predicted octanol–water partition coefficient (Wildman–Crippen LogP) is 1.86. The zero-order chi connectivity index (χ0) is 19.4. The van der Waals surface area contributed by atoms with Crippen LogP contribution in [0.3, 0.4) is 0 Å². The van der Waals surface area contributed by atoms with E-state index in [0.717, 1.165) is 5.69 Å². The number of amides is 2. The third-order valence-electron chi connectivity index (χ3n) is 3.80. The van der Waals surface area contributed by atoms with E-state index in [4.69, 9.17) is 9.47 Å². The predicted molar refractivity (Wildman–Crippen MR) is 98.8 cm³/mol. The Balaban J connectivity index is 2.20. The molecule has 0 bridgehead atoms. The van der Waals surface area contributed by atoms with Crippen LogP contribution in [0, 0.1) is 0 Å². The van der Waals surface area contributed by atoms with E-state index in [1.807, 2.05) is 30.3 Å². The first-order chi connectivity index (χ1) is 12.5. The van der Waals surface area contributed by atoms with Crippen molar-refractivity contribution in [3.63, 3.8) is 0 Å². The molecule has 0 spiro atoms. The monoisotopic (exact) mass is 364 g/mol. The average Bonchev–Trinajstić information content (AvgIpc) is 2.66. The molecule has 1 aromatic carbocycles. The molecule has 0 saturated heterocycles. The van der Waals surface area contributed by atoms with Gasteiger partial charge in [0, 0.05) is 45.8 Å². The first kappa shape index (κ1) is 21.6. The molecular formula is C19H28N2O5. The molecule has 1 aromatic rings. The summed E-state index contributed by atoms with van der Waals surface area (Å²) >= 11 is 0. The molecule has 0 aliphatic heterocycles. The molecule has 0 fully saturated rings. The van der Waals surface area contributed by atoms with E-state index in [2.05, 4.69) is 0 Å². The first-order valence-corrected chi connectivity index (χ1v) is 8.74. The zero-order valence-electron chi connectivity index (χ0n) is 15.8. The van der Waals surface area contributed by atoms with Crippen molar-refractivity contribution in [2.75, 3.05) is 45.4 Å². The van der Waals surface area contributed by atoms with Crippen molar-refractivity contribution < 1.29 is 23.9 Å². The van der Waals surface area contributed by atoms with Crippen molar-refractivity contribution >= 4 is 23.5 Å². The highest BCUT2D eigenvalue weighted by molar-refractivity contribution is 6.04. The number of nitrogens with zero attached hydrogens (tertiary/aromatic N) is 2. The lowest BCUT2D eigenvalue weighted by Crippen LogP contribution is -2.36. The van der Waals surface area contributed by atoms with Gasteiger partial charge in [-0.25, -0.2) is 0 Å². The Labute approximate surface area is 154 Å². The van der Waals surface area contributed by atoms with Gasteiger partial charge in [0.2, 0.25) is 11.8 Å². The van der Waals surface area contributed by atoms with Gasteiger partial charge < -0.3 is 19.3 Å². The number of hydrogen-bond donors (Lipinski definition) is 0. The SMILES string of the molecule is CCC(=O)OCCCOCCN(C)C(=O)CC(=O)N(C)c1ccccc1. The number of likely N-dealkylation sites (N-methyl/N-ethyl adjacent to an activating group) is 1. The Kier molecular flexibility index (Phi) is 10.0. The highest BCUT2D eigenvalue weighted by atomic mass is 16.5. The summed E-state index contributed by atoms with van der Waals surface area (Å²) in [6, 6.07) is 9.19. The Morgan fingerprint density at radius 3 is 2.31 bits per heavy atom. The number of para-hydroxylation sites is 1. The number of hydrogen-bond acceptors (Lipinski definition) is 5. The number of ether oxygens (including phenoxy) is 2. The summed E-state index contributed by atoms with van der Waals surface area (Å²) in [5, 5.41) is 0. The number of carbonyl (C=O) groups excluding carboxylic acids is 3.